The van der Waals surface area contributed by atoms with Crippen LogP contribution in [0.2, 0.25) is 0 Å². The maximum atomic E-state index is 9.54. The Balaban J connectivity index is 1.93. The lowest BCUT2D eigenvalue weighted by molar-refractivity contribution is 0.476. The van der Waals surface area contributed by atoms with E-state index in [0.717, 1.165) is 21.6 Å². The monoisotopic (exact) mass is 257 g/mol. The fourth-order valence-corrected chi connectivity index (χ4v) is 2.35. The van der Waals surface area contributed by atoms with Crippen LogP contribution in [0.4, 0.5) is 5.82 Å². The van der Waals surface area contributed by atoms with Crippen LogP contribution in [0.1, 0.15) is 5.01 Å². The molecule has 0 aliphatic rings. The van der Waals surface area contributed by atoms with Crippen molar-refractivity contribution in [2.75, 3.05) is 5.32 Å². The molecule has 5 heteroatoms. The summed E-state index contributed by atoms with van der Waals surface area (Å²) in [7, 11) is 0. The van der Waals surface area contributed by atoms with Crippen molar-refractivity contribution in [2.45, 2.75) is 6.54 Å². The summed E-state index contributed by atoms with van der Waals surface area (Å²) in [4.78, 5) is 8.51. The first-order chi connectivity index (χ1) is 8.83. The molecule has 0 saturated carbocycles. The predicted molar refractivity (Wildman–Crippen MR) is 72.8 cm³/mol. The number of thiazole rings is 1. The molecule has 3 rings (SSSR count). The van der Waals surface area contributed by atoms with E-state index < -0.39 is 0 Å². The molecule has 90 valence electrons. The molecule has 0 aliphatic heterocycles. The maximum absolute atomic E-state index is 9.54. The molecule has 0 amide bonds. The van der Waals surface area contributed by atoms with Crippen LogP contribution < -0.4 is 5.32 Å². The third-order valence-electron chi connectivity index (χ3n) is 2.64. The fourth-order valence-electron chi connectivity index (χ4n) is 1.80. The lowest BCUT2D eigenvalue weighted by Gasteiger charge is -2.07. The highest BCUT2D eigenvalue weighted by Crippen LogP contribution is 2.25. The second-order valence-electron chi connectivity index (χ2n) is 3.84. The van der Waals surface area contributed by atoms with E-state index in [0.29, 0.717) is 6.54 Å². The van der Waals surface area contributed by atoms with Gasteiger partial charge in [0, 0.05) is 23.2 Å². The van der Waals surface area contributed by atoms with Gasteiger partial charge in [-0.05, 0) is 23.6 Å². The van der Waals surface area contributed by atoms with Crippen LogP contribution in [0.25, 0.3) is 10.8 Å². The number of rotatable bonds is 3. The molecule has 0 spiro atoms. The van der Waals surface area contributed by atoms with Crippen molar-refractivity contribution in [1.82, 2.24) is 9.97 Å². The summed E-state index contributed by atoms with van der Waals surface area (Å²) in [6.45, 7) is 0.638. The quantitative estimate of drug-likeness (QED) is 0.757. The van der Waals surface area contributed by atoms with Gasteiger partial charge in [0.25, 0.3) is 0 Å². The van der Waals surface area contributed by atoms with Crippen LogP contribution in [0.15, 0.2) is 42.0 Å². The summed E-state index contributed by atoms with van der Waals surface area (Å²) < 4.78 is 0. The summed E-state index contributed by atoms with van der Waals surface area (Å²) in [6, 6.07) is 7.18. The van der Waals surface area contributed by atoms with Gasteiger partial charge >= 0.3 is 0 Å². The molecular formula is C13H11N3OS. The second kappa shape index (κ2) is 4.62. The lowest BCUT2D eigenvalue weighted by Crippen LogP contribution is -2.01. The standard InChI is InChI=1S/C13H11N3OS/c17-10-2-1-9-3-4-15-13(11(9)7-10)16-8-12-14-5-6-18-12/h1-7,17H,8H2,(H,15,16). The summed E-state index contributed by atoms with van der Waals surface area (Å²) in [5, 5.41) is 17.7. The number of aromatic nitrogens is 2. The van der Waals surface area contributed by atoms with Crippen molar-refractivity contribution in [3.05, 3.63) is 47.0 Å². The van der Waals surface area contributed by atoms with Crippen LogP contribution in [0.5, 0.6) is 5.75 Å². The van der Waals surface area contributed by atoms with Crippen molar-refractivity contribution in [2.24, 2.45) is 0 Å². The highest BCUT2D eigenvalue weighted by Gasteiger charge is 2.04. The highest BCUT2D eigenvalue weighted by atomic mass is 32.1. The van der Waals surface area contributed by atoms with Crippen molar-refractivity contribution in [3.63, 3.8) is 0 Å². The van der Waals surface area contributed by atoms with Gasteiger partial charge in [0.1, 0.15) is 16.6 Å². The summed E-state index contributed by atoms with van der Waals surface area (Å²) in [5.74, 6) is 1.01. The zero-order chi connectivity index (χ0) is 12.4. The smallest absolute Gasteiger partial charge is 0.134 e. The van der Waals surface area contributed by atoms with E-state index in [2.05, 4.69) is 15.3 Å². The van der Waals surface area contributed by atoms with E-state index in [4.69, 9.17) is 0 Å². The highest BCUT2D eigenvalue weighted by molar-refractivity contribution is 7.09. The molecule has 0 fully saturated rings. The zero-order valence-electron chi connectivity index (χ0n) is 9.50. The number of aromatic hydroxyl groups is 1. The van der Waals surface area contributed by atoms with E-state index in [1.54, 1.807) is 35.9 Å². The zero-order valence-corrected chi connectivity index (χ0v) is 10.3. The number of phenols is 1. The number of anilines is 1. The molecule has 1 aromatic carbocycles. The maximum Gasteiger partial charge on any atom is 0.134 e. The van der Waals surface area contributed by atoms with E-state index >= 15 is 0 Å². The predicted octanol–water partition coefficient (Wildman–Crippen LogP) is 3.01. The molecule has 0 bridgehead atoms. The Labute approximate surface area is 108 Å². The van der Waals surface area contributed by atoms with Crippen molar-refractivity contribution in [1.29, 1.82) is 0 Å². The fraction of sp³-hybridized carbons (Fsp3) is 0.0769. The minimum absolute atomic E-state index is 0.243. The van der Waals surface area contributed by atoms with Crippen LogP contribution in [0, 0.1) is 0 Å². The number of hydrogen-bond donors (Lipinski definition) is 2. The minimum atomic E-state index is 0.243. The Morgan fingerprint density at radius 1 is 1.17 bits per heavy atom. The van der Waals surface area contributed by atoms with Crippen LogP contribution in [0.3, 0.4) is 0 Å². The second-order valence-corrected chi connectivity index (χ2v) is 4.82. The summed E-state index contributed by atoms with van der Waals surface area (Å²) in [6.07, 6.45) is 3.54. The van der Waals surface area contributed by atoms with Gasteiger partial charge in [-0.3, -0.25) is 0 Å². The van der Waals surface area contributed by atoms with Crippen LogP contribution in [-0.2, 0) is 6.54 Å². The molecule has 0 radical (unpaired) electrons. The van der Waals surface area contributed by atoms with Gasteiger partial charge in [-0.25, -0.2) is 9.97 Å². The largest absolute Gasteiger partial charge is 0.508 e. The van der Waals surface area contributed by atoms with E-state index in [1.807, 2.05) is 17.5 Å². The van der Waals surface area contributed by atoms with Crippen LogP contribution in [-0.4, -0.2) is 15.1 Å². The third-order valence-corrected chi connectivity index (χ3v) is 3.42. The Kier molecular flexibility index (Phi) is 2.82. The Bertz CT molecular complexity index is 667. The number of hydrogen-bond acceptors (Lipinski definition) is 5. The van der Waals surface area contributed by atoms with Gasteiger partial charge in [0.15, 0.2) is 0 Å². The third kappa shape index (κ3) is 2.12. The van der Waals surface area contributed by atoms with E-state index in [9.17, 15) is 5.11 Å². The van der Waals surface area contributed by atoms with Gasteiger partial charge in [0.2, 0.25) is 0 Å². The summed E-state index contributed by atoms with van der Waals surface area (Å²) >= 11 is 1.60. The molecule has 0 unspecified atom stereocenters. The molecule has 2 aromatic heterocycles. The number of benzene rings is 1. The van der Waals surface area contributed by atoms with Gasteiger partial charge in [0.05, 0.1) is 6.54 Å². The van der Waals surface area contributed by atoms with Crippen molar-refractivity contribution in [3.8, 4) is 5.75 Å². The van der Waals surface area contributed by atoms with Gasteiger partial charge in [-0.2, -0.15) is 0 Å². The molecule has 0 saturated heterocycles. The van der Waals surface area contributed by atoms with E-state index in [1.165, 1.54) is 0 Å². The molecule has 4 nitrogen and oxygen atoms in total. The number of fused-ring (bicyclic) bond motifs is 1. The first-order valence-corrected chi connectivity index (χ1v) is 6.41. The number of nitrogens with zero attached hydrogens (tertiary/aromatic N) is 2. The van der Waals surface area contributed by atoms with Crippen LogP contribution >= 0.6 is 11.3 Å². The van der Waals surface area contributed by atoms with Crippen molar-refractivity contribution < 1.29 is 5.11 Å². The topological polar surface area (TPSA) is 58.0 Å². The van der Waals surface area contributed by atoms with Gasteiger partial charge in [-0.1, -0.05) is 6.07 Å². The normalized spacial score (nSPS) is 10.7. The first-order valence-electron chi connectivity index (χ1n) is 5.53. The lowest BCUT2D eigenvalue weighted by atomic mass is 10.1. The molecule has 2 N–H and O–H groups in total. The van der Waals surface area contributed by atoms with E-state index in [-0.39, 0.29) is 5.75 Å². The molecule has 18 heavy (non-hydrogen) atoms. The average Bonchev–Trinajstić information content (AvgIpc) is 2.89. The first kappa shape index (κ1) is 11.0. The Hall–Kier alpha value is -2.14. The molecule has 0 atom stereocenters. The van der Waals surface area contributed by atoms with Crippen molar-refractivity contribution >= 4 is 27.9 Å². The molecule has 2 heterocycles. The number of phenolic OH excluding ortho intramolecular Hbond substituents is 1. The number of pyridine rings is 1. The Morgan fingerprint density at radius 2 is 2.11 bits per heavy atom. The Morgan fingerprint density at radius 3 is 2.94 bits per heavy atom. The minimum Gasteiger partial charge on any atom is -0.508 e. The SMILES string of the molecule is Oc1ccc2ccnc(NCc3nccs3)c2c1. The molecule has 3 aromatic rings. The number of nitrogens with one attached hydrogen (secondary N) is 1. The molecule has 0 aliphatic carbocycles. The van der Waals surface area contributed by atoms with Gasteiger partial charge < -0.3 is 10.4 Å². The molecular weight excluding hydrogens is 246 g/mol. The van der Waals surface area contributed by atoms with Gasteiger partial charge in [-0.15, -0.1) is 11.3 Å². The average molecular weight is 257 g/mol. The summed E-state index contributed by atoms with van der Waals surface area (Å²) in [5.41, 5.74) is 0.